The van der Waals surface area contributed by atoms with Gasteiger partial charge in [0.1, 0.15) is 0 Å². The number of Topliss-reactive ketones (excluding diaryl/α,β-unsaturated/α-hetero) is 1. The van der Waals surface area contributed by atoms with E-state index in [1.165, 1.54) is 0 Å². The van der Waals surface area contributed by atoms with Crippen LogP contribution in [0.15, 0.2) is 24.3 Å². The Morgan fingerprint density at radius 3 is 2.65 bits per heavy atom. The van der Waals surface area contributed by atoms with Crippen molar-refractivity contribution in [2.45, 2.75) is 12.3 Å². The molecule has 1 aromatic carbocycles. The third-order valence-electron chi connectivity index (χ3n) is 4.43. The summed E-state index contributed by atoms with van der Waals surface area (Å²) >= 11 is 13.8. The summed E-state index contributed by atoms with van der Waals surface area (Å²) in [5.74, 6) is 0.305. The highest BCUT2D eigenvalue weighted by atomic mass is 35.5. The molecule has 2 aromatic rings. The topological polar surface area (TPSA) is 29.5 Å². The fraction of sp³-hybridized carbons (Fsp3) is 0.353. The van der Waals surface area contributed by atoms with Gasteiger partial charge in [-0.25, -0.2) is 0 Å². The third kappa shape index (κ3) is 2.78. The molecule has 2 aliphatic rings. The van der Waals surface area contributed by atoms with Crippen molar-refractivity contribution in [3.8, 4) is 0 Å². The van der Waals surface area contributed by atoms with Gasteiger partial charge < -0.3 is 9.64 Å². The number of rotatable bonds is 2. The van der Waals surface area contributed by atoms with Gasteiger partial charge in [-0.2, -0.15) is 0 Å². The van der Waals surface area contributed by atoms with Crippen LogP contribution in [0.3, 0.4) is 0 Å². The zero-order valence-electron chi connectivity index (χ0n) is 12.4. The molecule has 120 valence electrons. The number of fused-ring (bicyclic) bond motifs is 1. The van der Waals surface area contributed by atoms with Crippen LogP contribution in [0.5, 0.6) is 0 Å². The zero-order chi connectivity index (χ0) is 16.0. The summed E-state index contributed by atoms with van der Waals surface area (Å²) in [6.45, 7) is 3.25. The molecule has 1 aliphatic heterocycles. The Morgan fingerprint density at radius 2 is 1.91 bits per heavy atom. The highest BCUT2D eigenvalue weighted by Gasteiger charge is 2.34. The largest absolute Gasteiger partial charge is 0.378 e. The highest BCUT2D eigenvalue weighted by Crippen LogP contribution is 2.46. The van der Waals surface area contributed by atoms with Gasteiger partial charge in [0.25, 0.3) is 0 Å². The Morgan fingerprint density at radius 1 is 1.13 bits per heavy atom. The first-order valence-corrected chi connectivity index (χ1v) is 9.15. The number of hydrogen-bond acceptors (Lipinski definition) is 4. The first-order chi connectivity index (χ1) is 11.1. The molecule has 0 saturated carbocycles. The Hall–Kier alpha value is -1.07. The van der Waals surface area contributed by atoms with E-state index in [1.807, 2.05) is 12.1 Å². The maximum Gasteiger partial charge on any atom is 0.174 e. The Balaban J connectivity index is 1.69. The number of ether oxygens (including phenoxy) is 1. The number of ketones is 1. The van der Waals surface area contributed by atoms with Gasteiger partial charge in [-0.3, -0.25) is 4.79 Å². The maximum atomic E-state index is 12.4. The standard InChI is InChI=1S/C17H15Cl2NO2S/c18-13-2-1-10(7-14(13)19)11-8-15(21)17-12(11)9-16(23-17)20-3-5-22-6-4-20/h1-2,7,9,11H,3-6,8H2. The first kappa shape index (κ1) is 15.5. The second-order valence-corrected chi connectivity index (χ2v) is 7.67. The summed E-state index contributed by atoms with van der Waals surface area (Å²) in [7, 11) is 0. The number of halogens is 2. The van der Waals surface area contributed by atoms with Crippen molar-refractivity contribution < 1.29 is 9.53 Å². The second-order valence-electron chi connectivity index (χ2n) is 5.82. The number of carbonyl (C=O) groups is 1. The molecule has 0 radical (unpaired) electrons. The molecule has 1 aromatic heterocycles. The van der Waals surface area contributed by atoms with Crippen molar-refractivity contribution in [3.63, 3.8) is 0 Å². The van der Waals surface area contributed by atoms with Crippen LogP contribution in [0.1, 0.15) is 33.1 Å². The van der Waals surface area contributed by atoms with Crippen LogP contribution in [0.25, 0.3) is 0 Å². The van der Waals surface area contributed by atoms with E-state index >= 15 is 0 Å². The van der Waals surface area contributed by atoms with E-state index in [0.29, 0.717) is 16.5 Å². The monoisotopic (exact) mass is 367 g/mol. The zero-order valence-corrected chi connectivity index (χ0v) is 14.7. The lowest BCUT2D eigenvalue weighted by Crippen LogP contribution is -2.35. The average molecular weight is 368 g/mol. The van der Waals surface area contributed by atoms with E-state index in [4.69, 9.17) is 27.9 Å². The van der Waals surface area contributed by atoms with Crippen LogP contribution in [-0.4, -0.2) is 32.1 Å². The molecule has 1 saturated heterocycles. The van der Waals surface area contributed by atoms with Gasteiger partial charge in [0.05, 0.1) is 33.1 Å². The van der Waals surface area contributed by atoms with Crippen LogP contribution < -0.4 is 4.90 Å². The molecular formula is C17H15Cl2NO2S. The lowest BCUT2D eigenvalue weighted by Gasteiger charge is -2.27. The van der Waals surface area contributed by atoms with Gasteiger partial charge in [0.15, 0.2) is 5.78 Å². The third-order valence-corrected chi connectivity index (χ3v) is 6.43. The summed E-state index contributed by atoms with van der Waals surface area (Å²) in [6, 6.07) is 7.82. The Kier molecular flexibility index (Phi) is 4.10. The summed E-state index contributed by atoms with van der Waals surface area (Å²) in [4.78, 5) is 15.6. The van der Waals surface area contributed by atoms with Gasteiger partial charge in [0.2, 0.25) is 0 Å². The van der Waals surface area contributed by atoms with Gasteiger partial charge in [0, 0.05) is 25.4 Å². The quantitative estimate of drug-likeness (QED) is 0.775. The molecule has 1 fully saturated rings. The molecule has 3 nitrogen and oxygen atoms in total. The van der Waals surface area contributed by atoms with Gasteiger partial charge in [-0.15, -0.1) is 11.3 Å². The van der Waals surface area contributed by atoms with Crippen molar-refractivity contribution in [1.82, 2.24) is 0 Å². The summed E-state index contributed by atoms with van der Waals surface area (Å²) in [6.07, 6.45) is 0.516. The lowest BCUT2D eigenvalue weighted by molar-refractivity contribution is 0.0994. The van der Waals surface area contributed by atoms with Crippen molar-refractivity contribution in [1.29, 1.82) is 0 Å². The number of morpholine rings is 1. The van der Waals surface area contributed by atoms with Crippen LogP contribution in [0.2, 0.25) is 10.0 Å². The summed E-state index contributed by atoms with van der Waals surface area (Å²) in [5.41, 5.74) is 2.18. The number of carbonyl (C=O) groups excluding carboxylic acids is 1. The fourth-order valence-electron chi connectivity index (χ4n) is 3.22. The van der Waals surface area contributed by atoms with E-state index in [-0.39, 0.29) is 11.7 Å². The summed E-state index contributed by atoms with van der Waals surface area (Å²) in [5, 5.41) is 2.24. The van der Waals surface area contributed by atoms with E-state index in [1.54, 1.807) is 17.4 Å². The van der Waals surface area contributed by atoms with Crippen LogP contribution in [0, 0.1) is 0 Å². The molecule has 6 heteroatoms. The minimum atomic E-state index is 0.0818. The number of anilines is 1. The van der Waals surface area contributed by atoms with E-state index in [2.05, 4.69) is 11.0 Å². The Bertz CT molecular complexity index is 768. The molecule has 0 bridgehead atoms. The van der Waals surface area contributed by atoms with Gasteiger partial charge in [-0.1, -0.05) is 29.3 Å². The van der Waals surface area contributed by atoms with Crippen molar-refractivity contribution in [3.05, 3.63) is 50.3 Å². The van der Waals surface area contributed by atoms with Crippen LogP contribution in [-0.2, 0) is 4.74 Å². The number of benzene rings is 1. The normalized spacial score (nSPS) is 20.9. The molecular weight excluding hydrogens is 353 g/mol. The van der Waals surface area contributed by atoms with E-state index in [9.17, 15) is 4.79 Å². The number of nitrogens with zero attached hydrogens (tertiary/aromatic N) is 1. The van der Waals surface area contributed by atoms with Gasteiger partial charge in [-0.05, 0) is 29.3 Å². The second kappa shape index (κ2) is 6.10. The molecule has 2 heterocycles. The molecule has 1 unspecified atom stereocenters. The first-order valence-electron chi connectivity index (χ1n) is 7.58. The molecule has 0 spiro atoms. The minimum absolute atomic E-state index is 0.0818. The van der Waals surface area contributed by atoms with Crippen molar-refractivity contribution >= 4 is 45.3 Å². The lowest BCUT2D eigenvalue weighted by atomic mass is 9.94. The molecule has 0 N–H and O–H groups in total. The molecule has 0 amide bonds. The van der Waals surface area contributed by atoms with Gasteiger partial charge >= 0.3 is 0 Å². The molecule has 4 rings (SSSR count). The molecule has 1 aliphatic carbocycles. The predicted molar refractivity (Wildman–Crippen MR) is 94.6 cm³/mol. The minimum Gasteiger partial charge on any atom is -0.378 e. The maximum absolute atomic E-state index is 12.4. The molecule has 23 heavy (non-hydrogen) atoms. The summed E-state index contributed by atoms with van der Waals surface area (Å²) < 4.78 is 5.40. The van der Waals surface area contributed by atoms with Crippen LogP contribution >= 0.6 is 34.5 Å². The van der Waals surface area contributed by atoms with E-state index in [0.717, 1.165) is 47.3 Å². The average Bonchev–Trinajstić information content (AvgIpc) is 3.12. The molecule has 1 atom stereocenters. The number of hydrogen-bond donors (Lipinski definition) is 0. The predicted octanol–water partition coefficient (Wildman–Crippen LogP) is 4.61. The smallest absolute Gasteiger partial charge is 0.174 e. The van der Waals surface area contributed by atoms with Crippen molar-refractivity contribution in [2.24, 2.45) is 0 Å². The van der Waals surface area contributed by atoms with Crippen molar-refractivity contribution in [2.75, 3.05) is 31.2 Å². The highest BCUT2D eigenvalue weighted by molar-refractivity contribution is 7.18. The Labute approximate surface area is 148 Å². The SMILES string of the molecule is O=C1CC(c2ccc(Cl)c(Cl)c2)c2cc(N3CCOCC3)sc21. The van der Waals surface area contributed by atoms with Crippen LogP contribution in [0.4, 0.5) is 5.00 Å². The van der Waals surface area contributed by atoms with E-state index < -0.39 is 0 Å². The number of thiophene rings is 1. The fourth-order valence-corrected chi connectivity index (χ4v) is 4.75.